The van der Waals surface area contributed by atoms with Gasteiger partial charge in [-0.3, -0.25) is 14.4 Å². The number of carboxylic acid groups (broad SMARTS) is 1. The number of aliphatic carboxylic acids is 1. The van der Waals surface area contributed by atoms with E-state index in [2.05, 4.69) is 5.32 Å². The van der Waals surface area contributed by atoms with E-state index in [-0.39, 0.29) is 17.9 Å². The van der Waals surface area contributed by atoms with Gasteiger partial charge < -0.3 is 15.2 Å². The van der Waals surface area contributed by atoms with Crippen molar-refractivity contribution in [1.29, 1.82) is 0 Å². The Bertz CT molecular complexity index is 550. The predicted molar refractivity (Wildman–Crippen MR) is 69.6 cm³/mol. The summed E-state index contributed by atoms with van der Waals surface area (Å²) in [5, 5.41) is 12.0. The SMILES string of the molecule is CCOc1c(NC2(CC(=O)O)CCCC2)c(=O)c1=O. The Hall–Kier alpha value is -1.85. The summed E-state index contributed by atoms with van der Waals surface area (Å²) in [6.07, 6.45) is 3.14. The van der Waals surface area contributed by atoms with Gasteiger partial charge in [-0.1, -0.05) is 12.8 Å². The van der Waals surface area contributed by atoms with E-state index in [4.69, 9.17) is 9.84 Å². The molecule has 1 aliphatic carbocycles. The van der Waals surface area contributed by atoms with Gasteiger partial charge in [-0.15, -0.1) is 0 Å². The normalized spacial score (nSPS) is 17.5. The van der Waals surface area contributed by atoms with Gasteiger partial charge in [0.05, 0.1) is 13.0 Å². The van der Waals surface area contributed by atoms with Gasteiger partial charge in [0.1, 0.15) is 5.69 Å². The number of rotatable bonds is 6. The highest BCUT2D eigenvalue weighted by atomic mass is 16.5. The lowest BCUT2D eigenvalue weighted by molar-refractivity contribution is -0.138. The van der Waals surface area contributed by atoms with Gasteiger partial charge in [-0.2, -0.15) is 0 Å². The Balaban J connectivity index is 2.23. The fraction of sp³-hybridized carbons (Fsp3) is 0.615. The van der Waals surface area contributed by atoms with Crippen molar-refractivity contribution in [3.63, 3.8) is 0 Å². The van der Waals surface area contributed by atoms with Crippen LogP contribution in [-0.4, -0.2) is 23.2 Å². The second kappa shape index (κ2) is 5.03. The summed E-state index contributed by atoms with van der Waals surface area (Å²) in [6.45, 7) is 2.02. The molecule has 6 nitrogen and oxygen atoms in total. The minimum absolute atomic E-state index is 0.0455. The third-order valence-corrected chi connectivity index (χ3v) is 3.60. The van der Waals surface area contributed by atoms with Gasteiger partial charge in [0, 0.05) is 5.54 Å². The molecular weight excluding hydrogens is 250 g/mol. The number of ether oxygens (including phenoxy) is 1. The molecule has 104 valence electrons. The van der Waals surface area contributed by atoms with E-state index in [0.29, 0.717) is 19.4 Å². The lowest BCUT2D eigenvalue weighted by atomic mass is 9.92. The molecular formula is C13H17NO5. The van der Waals surface area contributed by atoms with Gasteiger partial charge in [-0.05, 0) is 19.8 Å². The predicted octanol–water partition coefficient (Wildman–Crippen LogP) is 0.881. The van der Waals surface area contributed by atoms with E-state index < -0.39 is 22.4 Å². The van der Waals surface area contributed by atoms with Crippen molar-refractivity contribution in [2.75, 3.05) is 11.9 Å². The molecule has 0 aliphatic heterocycles. The van der Waals surface area contributed by atoms with Crippen LogP contribution in [0.2, 0.25) is 0 Å². The number of hydrogen-bond acceptors (Lipinski definition) is 5. The fourth-order valence-electron chi connectivity index (χ4n) is 2.72. The number of carbonyl (C=O) groups is 1. The van der Waals surface area contributed by atoms with Crippen molar-refractivity contribution in [2.45, 2.75) is 44.6 Å². The molecule has 0 aromatic heterocycles. The van der Waals surface area contributed by atoms with Crippen LogP contribution in [-0.2, 0) is 4.79 Å². The van der Waals surface area contributed by atoms with E-state index in [1.807, 2.05) is 0 Å². The minimum Gasteiger partial charge on any atom is -0.488 e. The molecule has 1 aliphatic rings. The maximum Gasteiger partial charge on any atom is 0.305 e. The molecule has 19 heavy (non-hydrogen) atoms. The fourth-order valence-corrected chi connectivity index (χ4v) is 2.72. The summed E-state index contributed by atoms with van der Waals surface area (Å²) in [5.74, 6) is -0.866. The van der Waals surface area contributed by atoms with E-state index in [1.54, 1.807) is 6.92 Å². The van der Waals surface area contributed by atoms with Gasteiger partial charge in [-0.25, -0.2) is 0 Å². The Morgan fingerprint density at radius 1 is 1.32 bits per heavy atom. The van der Waals surface area contributed by atoms with Crippen LogP contribution < -0.4 is 20.9 Å². The van der Waals surface area contributed by atoms with Crippen molar-refractivity contribution in [2.24, 2.45) is 0 Å². The third-order valence-electron chi connectivity index (χ3n) is 3.60. The molecule has 0 amide bonds. The van der Waals surface area contributed by atoms with Crippen LogP contribution in [0.5, 0.6) is 5.75 Å². The molecule has 0 saturated heterocycles. The summed E-state index contributed by atoms with van der Waals surface area (Å²) in [5.41, 5.74) is -1.72. The number of hydrogen-bond donors (Lipinski definition) is 2. The molecule has 0 spiro atoms. The van der Waals surface area contributed by atoms with Gasteiger partial charge >= 0.3 is 5.97 Å². The summed E-state index contributed by atoms with van der Waals surface area (Å²) >= 11 is 0. The molecule has 1 fully saturated rings. The van der Waals surface area contributed by atoms with Crippen LogP contribution >= 0.6 is 0 Å². The highest BCUT2D eigenvalue weighted by Gasteiger charge is 2.39. The first-order valence-electron chi connectivity index (χ1n) is 6.45. The topological polar surface area (TPSA) is 92.7 Å². The summed E-state index contributed by atoms with van der Waals surface area (Å²) in [6, 6.07) is 0. The summed E-state index contributed by atoms with van der Waals surface area (Å²) in [4.78, 5) is 33.9. The lowest BCUT2D eigenvalue weighted by Crippen LogP contribution is -2.44. The van der Waals surface area contributed by atoms with Crippen LogP contribution in [0, 0.1) is 0 Å². The van der Waals surface area contributed by atoms with Crippen LogP contribution in [0.15, 0.2) is 9.59 Å². The van der Waals surface area contributed by atoms with Crippen molar-refractivity contribution >= 4 is 11.7 Å². The second-order valence-electron chi connectivity index (χ2n) is 4.98. The van der Waals surface area contributed by atoms with Gasteiger partial charge in [0.25, 0.3) is 10.9 Å². The van der Waals surface area contributed by atoms with Gasteiger partial charge in [0.2, 0.25) is 0 Å². The van der Waals surface area contributed by atoms with Crippen molar-refractivity contribution in [1.82, 2.24) is 0 Å². The quantitative estimate of drug-likeness (QED) is 0.743. The summed E-state index contributed by atoms with van der Waals surface area (Å²) in [7, 11) is 0. The number of carboxylic acids is 1. The van der Waals surface area contributed by atoms with Crippen LogP contribution in [0.3, 0.4) is 0 Å². The Morgan fingerprint density at radius 3 is 2.47 bits per heavy atom. The maximum atomic E-state index is 11.6. The number of nitrogens with one attached hydrogen (secondary N) is 1. The maximum absolute atomic E-state index is 11.6. The Kier molecular flexibility index (Phi) is 3.59. The summed E-state index contributed by atoms with van der Waals surface area (Å²) < 4.78 is 5.13. The molecule has 2 rings (SSSR count). The average Bonchev–Trinajstić information content (AvgIpc) is 2.81. The molecule has 0 heterocycles. The Morgan fingerprint density at radius 2 is 1.95 bits per heavy atom. The molecule has 0 unspecified atom stereocenters. The molecule has 2 N–H and O–H groups in total. The average molecular weight is 267 g/mol. The van der Waals surface area contributed by atoms with Crippen molar-refractivity contribution in [3.05, 3.63) is 20.4 Å². The first-order valence-corrected chi connectivity index (χ1v) is 6.45. The van der Waals surface area contributed by atoms with Crippen molar-refractivity contribution in [3.8, 4) is 5.75 Å². The second-order valence-corrected chi connectivity index (χ2v) is 4.98. The van der Waals surface area contributed by atoms with Crippen LogP contribution in [0.4, 0.5) is 5.69 Å². The minimum atomic E-state index is -0.911. The molecule has 1 aromatic rings. The largest absolute Gasteiger partial charge is 0.488 e. The van der Waals surface area contributed by atoms with Crippen LogP contribution in [0.1, 0.15) is 39.0 Å². The van der Waals surface area contributed by atoms with E-state index in [1.165, 1.54) is 0 Å². The van der Waals surface area contributed by atoms with E-state index >= 15 is 0 Å². The third kappa shape index (κ3) is 2.47. The monoisotopic (exact) mass is 267 g/mol. The highest BCUT2D eigenvalue weighted by Crippen LogP contribution is 2.37. The number of anilines is 1. The van der Waals surface area contributed by atoms with Crippen LogP contribution in [0.25, 0.3) is 0 Å². The van der Waals surface area contributed by atoms with Crippen molar-refractivity contribution < 1.29 is 14.6 Å². The first kappa shape index (κ1) is 13.6. The van der Waals surface area contributed by atoms with E-state index in [0.717, 1.165) is 12.8 Å². The Labute approximate surface area is 110 Å². The molecule has 0 bridgehead atoms. The highest BCUT2D eigenvalue weighted by molar-refractivity contribution is 5.71. The van der Waals surface area contributed by atoms with Gasteiger partial charge in [0.15, 0.2) is 5.75 Å². The molecule has 0 radical (unpaired) electrons. The van der Waals surface area contributed by atoms with E-state index in [9.17, 15) is 14.4 Å². The lowest BCUT2D eigenvalue weighted by Gasteiger charge is -2.30. The standard InChI is InChI=1S/C13H17NO5/c1-2-19-12-9(10(17)11(12)18)14-13(7-8(15)16)5-3-4-6-13/h14H,2-7H2,1H3,(H,15,16). The first-order chi connectivity index (χ1) is 8.99. The zero-order chi connectivity index (χ0) is 14.0. The molecule has 0 atom stereocenters. The molecule has 6 heteroatoms. The zero-order valence-electron chi connectivity index (χ0n) is 10.8. The zero-order valence-corrected chi connectivity index (χ0v) is 10.8. The smallest absolute Gasteiger partial charge is 0.305 e. The molecule has 1 aromatic carbocycles. The molecule has 1 saturated carbocycles.